The predicted octanol–water partition coefficient (Wildman–Crippen LogP) is 2.65. The summed E-state index contributed by atoms with van der Waals surface area (Å²) in [7, 11) is 0. The number of nitrogens with zero attached hydrogens (tertiary/aromatic N) is 2. The molecular formula is C13H11ClN2O3. The predicted molar refractivity (Wildman–Crippen MR) is 70.2 cm³/mol. The highest BCUT2D eigenvalue weighted by atomic mass is 35.5. The summed E-state index contributed by atoms with van der Waals surface area (Å²) < 4.78 is 5.20. The summed E-state index contributed by atoms with van der Waals surface area (Å²) in [5, 5.41) is 9.06. The lowest BCUT2D eigenvalue weighted by Crippen LogP contribution is -2.05. The fourth-order valence-electron chi connectivity index (χ4n) is 1.43. The molecule has 6 heteroatoms. The van der Waals surface area contributed by atoms with Crippen molar-refractivity contribution in [1.29, 1.82) is 0 Å². The van der Waals surface area contributed by atoms with Crippen LogP contribution in [0.4, 0.5) is 0 Å². The third kappa shape index (κ3) is 3.66. The van der Waals surface area contributed by atoms with Crippen LogP contribution in [0, 0.1) is 0 Å². The number of aromatic nitrogens is 2. The highest BCUT2D eigenvalue weighted by Crippen LogP contribution is 2.24. The van der Waals surface area contributed by atoms with Gasteiger partial charge in [0.25, 0.3) is 0 Å². The van der Waals surface area contributed by atoms with Gasteiger partial charge in [-0.1, -0.05) is 23.7 Å². The number of hydrogen-bond acceptors (Lipinski definition) is 4. The zero-order valence-electron chi connectivity index (χ0n) is 9.91. The highest BCUT2D eigenvalue weighted by molar-refractivity contribution is 6.33. The Hall–Kier alpha value is -2.14. The Morgan fingerprint density at radius 3 is 2.58 bits per heavy atom. The second-order valence-corrected chi connectivity index (χ2v) is 4.12. The van der Waals surface area contributed by atoms with Gasteiger partial charge in [0.05, 0.1) is 30.4 Å². The second kappa shape index (κ2) is 6.15. The molecule has 5 nitrogen and oxygen atoms in total. The minimum atomic E-state index is -0.909. The molecule has 0 amide bonds. The largest absolute Gasteiger partial charge is 0.490 e. The lowest BCUT2D eigenvalue weighted by Gasteiger charge is -2.05. The maximum absolute atomic E-state index is 10.3. The van der Waals surface area contributed by atoms with Gasteiger partial charge in [-0.15, -0.1) is 0 Å². The lowest BCUT2D eigenvalue weighted by atomic mass is 10.2. The quantitative estimate of drug-likeness (QED) is 0.910. The minimum Gasteiger partial charge on any atom is -0.490 e. The van der Waals surface area contributed by atoms with Crippen molar-refractivity contribution in [1.82, 2.24) is 9.97 Å². The maximum Gasteiger partial charge on any atom is 0.306 e. The van der Waals surface area contributed by atoms with Crippen molar-refractivity contribution in [2.75, 3.05) is 6.61 Å². The van der Waals surface area contributed by atoms with Gasteiger partial charge in [0.1, 0.15) is 0 Å². The Bertz CT molecular complexity index is 572. The van der Waals surface area contributed by atoms with Gasteiger partial charge >= 0.3 is 5.97 Å². The summed E-state index contributed by atoms with van der Waals surface area (Å²) in [6.07, 6.45) is 2.92. The average molecular weight is 279 g/mol. The SMILES string of the molecule is O=C(O)CCOc1cnc(-c2ccccc2Cl)nc1. The number of ether oxygens (including phenoxy) is 1. The molecule has 19 heavy (non-hydrogen) atoms. The van der Waals surface area contributed by atoms with E-state index in [2.05, 4.69) is 9.97 Å². The number of aliphatic carboxylic acids is 1. The summed E-state index contributed by atoms with van der Waals surface area (Å²) in [5.74, 6) is 0.0156. The van der Waals surface area contributed by atoms with E-state index in [4.69, 9.17) is 21.4 Å². The summed E-state index contributed by atoms with van der Waals surface area (Å²) in [6, 6.07) is 7.26. The molecule has 2 rings (SSSR count). The molecule has 2 aromatic rings. The average Bonchev–Trinajstić information content (AvgIpc) is 2.40. The molecule has 0 aliphatic rings. The van der Waals surface area contributed by atoms with Crippen molar-refractivity contribution in [2.45, 2.75) is 6.42 Å². The Kier molecular flexibility index (Phi) is 4.30. The number of carbonyl (C=O) groups is 1. The number of carboxylic acids is 1. The molecule has 0 aliphatic heterocycles. The van der Waals surface area contributed by atoms with Gasteiger partial charge in [0.15, 0.2) is 11.6 Å². The van der Waals surface area contributed by atoms with E-state index in [1.54, 1.807) is 6.07 Å². The van der Waals surface area contributed by atoms with E-state index in [-0.39, 0.29) is 13.0 Å². The Labute approximate surface area is 114 Å². The molecule has 0 spiro atoms. The molecule has 1 heterocycles. The van der Waals surface area contributed by atoms with Crippen LogP contribution in [0.2, 0.25) is 5.02 Å². The molecule has 1 aromatic heterocycles. The number of benzene rings is 1. The molecule has 1 N–H and O–H groups in total. The summed E-state index contributed by atoms with van der Waals surface area (Å²) in [4.78, 5) is 18.6. The fourth-order valence-corrected chi connectivity index (χ4v) is 1.65. The third-order valence-corrected chi connectivity index (χ3v) is 2.66. The topological polar surface area (TPSA) is 72.3 Å². The first-order valence-corrected chi connectivity index (χ1v) is 5.96. The Morgan fingerprint density at radius 2 is 1.95 bits per heavy atom. The van der Waals surface area contributed by atoms with Gasteiger partial charge < -0.3 is 9.84 Å². The first-order chi connectivity index (χ1) is 9.16. The van der Waals surface area contributed by atoms with Crippen LogP contribution in [-0.2, 0) is 4.79 Å². The normalized spacial score (nSPS) is 10.2. The molecule has 0 fully saturated rings. The van der Waals surface area contributed by atoms with Gasteiger partial charge in [-0.2, -0.15) is 0 Å². The molecule has 0 aliphatic carbocycles. The van der Waals surface area contributed by atoms with E-state index in [0.717, 1.165) is 5.56 Å². The molecule has 0 saturated heterocycles. The summed E-state index contributed by atoms with van der Waals surface area (Å²) in [6.45, 7) is 0.0874. The number of rotatable bonds is 5. The van der Waals surface area contributed by atoms with Gasteiger partial charge in [-0.05, 0) is 12.1 Å². The number of carboxylic acid groups (broad SMARTS) is 1. The molecule has 1 aromatic carbocycles. The van der Waals surface area contributed by atoms with E-state index >= 15 is 0 Å². The van der Waals surface area contributed by atoms with Crippen molar-refractivity contribution in [3.05, 3.63) is 41.7 Å². The van der Waals surface area contributed by atoms with Crippen LogP contribution in [0.3, 0.4) is 0 Å². The highest BCUT2D eigenvalue weighted by Gasteiger charge is 2.06. The van der Waals surface area contributed by atoms with Crippen LogP contribution in [0.15, 0.2) is 36.7 Å². The molecular weight excluding hydrogens is 268 g/mol. The van der Waals surface area contributed by atoms with Crippen molar-refractivity contribution in [3.8, 4) is 17.1 Å². The van der Waals surface area contributed by atoms with Crippen LogP contribution in [0.1, 0.15) is 6.42 Å². The van der Waals surface area contributed by atoms with Crippen LogP contribution in [0.5, 0.6) is 5.75 Å². The molecule has 0 atom stereocenters. The molecule has 0 radical (unpaired) electrons. The van der Waals surface area contributed by atoms with Crippen LogP contribution >= 0.6 is 11.6 Å². The molecule has 0 bridgehead atoms. The Balaban J connectivity index is 2.06. The van der Waals surface area contributed by atoms with Crippen molar-refractivity contribution in [3.63, 3.8) is 0 Å². The van der Waals surface area contributed by atoms with Gasteiger partial charge in [0, 0.05) is 5.56 Å². The van der Waals surface area contributed by atoms with Crippen LogP contribution in [-0.4, -0.2) is 27.7 Å². The van der Waals surface area contributed by atoms with E-state index in [9.17, 15) is 4.79 Å². The molecule has 98 valence electrons. The summed E-state index contributed by atoms with van der Waals surface area (Å²) >= 11 is 6.04. The lowest BCUT2D eigenvalue weighted by molar-refractivity contribution is -0.137. The second-order valence-electron chi connectivity index (χ2n) is 3.71. The first kappa shape index (κ1) is 13.3. The standard InChI is InChI=1S/C13H11ClN2O3/c14-11-4-2-1-3-10(11)13-15-7-9(8-16-13)19-6-5-12(17)18/h1-4,7-8H,5-6H2,(H,17,18). The van der Waals surface area contributed by atoms with Gasteiger partial charge in [0.2, 0.25) is 0 Å². The van der Waals surface area contributed by atoms with Gasteiger partial charge in [-0.25, -0.2) is 9.97 Å². The van der Waals surface area contributed by atoms with Crippen molar-refractivity contribution >= 4 is 17.6 Å². The maximum atomic E-state index is 10.3. The van der Waals surface area contributed by atoms with Gasteiger partial charge in [-0.3, -0.25) is 4.79 Å². The van der Waals surface area contributed by atoms with E-state index in [1.165, 1.54) is 12.4 Å². The fraction of sp³-hybridized carbons (Fsp3) is 0.154. The van der Waals surface area contributed by atoms with E-state index < -0.39 is 5.97 Å². The first-order valence-electron chi connectivity index (χ1n) is 5.58. The third-order valence-electron chi connectivity index (χ3n) is 2.33. The Morgan fingerprint density at radius 1 is 1.26 bits per heavy atom. The van der Waals surface area contributed by atoms with Crippen LogP contribution < -0.4 is 4.74 Å². The smallest absolute Gasteiger partial charge is 0.306 e. The zero-order valence-corrected chi connectivity index (χ0v) is 10.7. The van der Waals surface area contributed by atoms with E-state index in [1.807, 2.05) is 18.2 Å². The number of hydrogen-bond donors (Lipinski definition) is 1. The summed E-state index contributed by atoms with van der Waals surface area (Å²) in [5.41, 5.74) is 0.737. The molecule has 0 unspecified atom stereocenters. The minimum absolute atomic E-state index is 0.0632. The van der Waals surface area contributed by atoms with E-state index in [0.29, 0.717) is 16.6 Å². The monoisotopic (exact) mass is 278 g/mol. The van der Waals surface area contributed by atoms with Crippen molar-refractivity contribution in [2.24, 2.45) is 0 Å². The molecule has 0 saturated carbocycles. The zero-order chi connectivity index (χ0) is 13.7. The van der Waals surface area contributed by atoms with Crippen LogP contribution in [0.25, 0.3) is 11.4 Å². The van der Waals surface area contributed by atoms with Crippen molar-refractivity contribution < 1.29 is 14.6 Å². The number of halogens is 1.